The van der Waals surface area contributed by atoms with Crippen LogP contribution < -0.4 is 10.5 Å². The van der Waals surface area contributed by atoms with E-state index in [0.29, 0.717) is 16.7 Å². The summed E-state index contributed by atoms with van der Waals surface area (Å²) in [5.41, 5.74) is 1.30. The molecule has 5 rings (SSSR count). The molecule has 0 spiro atoms. The minimum Gasteiger partial charge on any atom is -0.331 e. The zero-order valence-corrected chi connectivity index (χ0v) is 16.9. The van der Waals surface area contributed by atoms with E-state index in [1.54, 1.807) is 18.3 Å². The highest BCUT2D eigenvalue weighted by Crippen LogP contribution is 2.31. The van der Waals surface area contributed by atoms with Crippen LogP contribution in [-0.4, -0.2) is 46.5 Å². The number of pyridine rings is 1. The van der Waals surface area contributed by atoms with Crippen LogP contribution in [0.5, 0.6) is 0 Å². The van der Waals surface area contributed by atoms with Crippen molar-refractivity contribution in [1.29, 1.82) is 0 Å². The number of halogens is 1. The Bertz CT molecular complexity index is 1260. The maximum absolute atomic E-state index is 11.7. The Morgan fingerprint density at radius 3 is 2.87 bits per heavy atom. The lowest BCUT2D eigenvalue weighted by molar-refractivity contribution is 0.510. The Morgan fingerprint density at radius 1 is 1.13 bits per heavy atom. The second kappa shape index (κ2) is 7.38. The fraction of sp³-hybridized carbons (Fsp3) is 0.263. The number of nitrogens with one attached hydrogen (secondary N) is 1. The van der Waals surface area contributed by atoms with Crippen LogP contribution in [0.1, 0.15) is 25.2 Å². The first kappa shape index (κ1) is 18.5. The Hall–Kier alpha value is -3.53. The molecular weight excluding hydrogens is 406 g/mol. The number of aromatic amines is 1. The van der Waals surface area contributed by atoms with Crippen molar-refractivity contribution < 1.29 is 0 Å². The molecule has 1 aliphatic heterocycles. The molecule has 0 aliphatic carbocycles. The number of hydrogen-bond acceptors (Lipinski definition) is 7. The van der Waals surface area contributed by atoms with Crippen molar-refractivity contribution in [3.05, 3.63) is 63.8 Å². The standard InChI is InChI=1S/C19H18ClN9O/c1-12(17-22-26-29(25-17)15-5-2-4-14(20)11-15)27-8-3-9-28-18(23-24-19(27)28)13-6-7-21-16(30)10-13/h2,4-7,10-12H,3,8-9H2,1H3,(H,21,30). The summed E-state index contributed by atoms with van der Waals surface area (Å²) < 4.78 is 2.02. The molecule has 0 saturated heterocycles. The Balaban J connectivity index is 1.46. The molecule has 1 aliphatic rings. The molecule has 0 amide bonds. The van der Waals surface area contributed by atoms with Gasteiger partial charge in [0, 0.05) is 35.9 Å². The fourth-order valence-corrected chi connectivity index (χ4v) is 3.80. The second-order valence-electron chi connectivity index (χ2n) is 7.06. The summed E-state index contributed by atoms with van der Waals surface area (Å²) in [5.74, 6) is 1.97. The fourth-order valence-electron chi connectivity index (χ4n) is 3.62. The third-order valence-electron chi connectivity index (χ3n) is 5.11. The van der Waals surface area contributed by atoms with Gasteiger partial charge in [-0.05, 0) is 42.8 Å². The molecule has 10 nitrogen and oxygen atoms in total. The number of tetrazole rings is 1. The largest absolute Gasteiger partial charge is 0.331 e. The average molecular weight is 424 g/mol. The predicted molar refractivity (Wildman–Crippen MR) is 111 cm³/mol. The topological polar surface area (TPSA) is 110 Å². The van der Waals surface area contributed by atoms with Crippen molar-refractivity contribution in [3.8, 4) is 17.1 Å². The van der Waals surface area contributed by atoms with Crippen LogP contribution in [0.2, 0.25) is 5.02 Å². The van der Waals surface area contributed by atoms with E-state index in [1.807, 2.05) is 29.7 Å². The number of nitrogens with zero attached hydrogens (tertiary/aromatic N) is 8. The Morgan fingerprint density at radius 2 is 2.03 bits per heavy atom. The van der Waals surface area contributed by atoms with Gasteiger partial charge in [-0.25, -0.2) is 0 Å². The Labute approximate surface area is 176 Å². The molecule has 1 N–H and O–H groups in total. The van der Waals surface area contributed by atoms with Gasteiger partial charge >= 0.3 is 0 Å². The molecule has 152 valence electrons. The second-order valence-corrected chi connectivity index (χ2v) is 7.49. The van der Waals surface area contributed by atoms with Gasteiger partial charge in [0.2, 0.25) is 11.5 Å². The van der Waals surface area contributed by atoms with Gasteiger partial charge in [0.25, 0.3) is 0 Å². The molecule has 1 aromatic carbocycles. The molecule has 0 radical (unpaired) electrons. The predicted octanol–water partition coefficient (Wildman–Crippen LogP) is 2.23. The van der Waals surface area contributed by atoms with Gasteiger partial charge in [0.15, 0.2) is 11.6 Å². The zero-order chi connectivity index (χ0) is 20.7. The van der Waals surface area contributed by atoms with Gasteiger partial charge in [0.1, 0.15) is 0 Å². The van der Waals surface area contributed by atoms with Gasteiger partial charge < -0.3 is 9.88 Å². The van der Waals surface area contributed by atoms with Gasteiger partial charge in [-0.3, -0.25) is 9.36 Å². The molecule has 4 heterocycles. The molecule has 0 bridgehead atoms. The monoisotopic (exact) mass is 423 g/mol. The highest BCUT2D eigenvalue weighted by Gasteiger charge is 2.29. The van der Waals surface area contributed by atoms with Crippen molar-refractivity contribution in [2.45, 2.75) is 25.9 Å². The van der Waals surface area contributed by atoms with Crippen LogP contribution in [0.4, 0.5) is 5.95 Å². The van der Waals surface area contributed by atoms with E-state index in [9.17, 15) is 4.79 Å². The van der Waals surface area contributed by atoms with Crippen molar-refractivity contribution in [3.63, 3.8) is 0 Å². The molecule has 3 aromatic heterocycles. The van der Waals surface area contributed by atoms with E-state index in [-0.39, 0.29) is 11.6 Å². The van der Waals surface area contributed by atoms with Gasteiger partial charge in [-0.1, -0.05) is 17.7 Å². The molecule has 4 aromatic rings. The number of anilines is 1. The normalized spacial score (nSPS) is 14.5. The van der Waals surface area contributed by atoms with Gasteiger partial charge in [-0.2, -0.15) is 0 Å². The smallest absolute Gasteiger partial charge is 0.248 e. The van der Waals surface area contributed by atoms with Crippen molar-refractivity contribution in [2.75, 3.05) is 11.4 Å². The zero-order valence-electron chi connectivity index (χ0n) is 16.1. The number of rotatable bonds is 4. The summed E-state index contributed by atoms with van der Waals surface area (Å²) >= 11 is 6.07. The van der Waals surface area contributed by atoms with E-state index in [4.69, 9.17) is 11.6 Å². The van der Waals surface area contributed by atoms with Crippen molar-refractivity contribution in [2.24, 2.45) is 0 Å². The number of hydrogen-bond donors (Lipinski definition) is 1. The highest BCUT2D eigenvalue weighted by molar-refractivity contribution is 6.30. The van der Waals surface area contributed by atoms with Crippen molar-refractivity contribution >= 4 is 17.5 Å². The first-order chi connectivity index (χ1) is 14.6. The lowest BCUT2D eigenvalue weighted by Gasteiger charge is -2.32. The van der Waals surface area contributed by atoms with Gasteiger partial charge in [0.05, 0.1) is 11.7 Å². The minimum atomic E-state index is -0.173. The average Bonchev–Trinajstić information content (AvgIpc) is 3.41. The molecule has 1 unspecified atom stereocenters. The van der Waals surface area contributed by atoms with E-state index >= 15 is 0 Å². The molecule has 1 atom stereocenters. The van der Waals surface area contributed by atoms with Crippen LogP contribution in [0, 0.1) is 0 Å². The van der Waals surface area contributed by atoms with E-state index in [2.05, 4.69) is 35.5 Å². The summed E-state index contributed by atoms with van der Waals surface area (Å²) in [6.07, 6.45) is 2.52. The highest BCUT2D eigenvalue weighted by atomic mass is 35.5. The molecule has 0 saturated carbocycles. The SMILES string of the molecule is CC(c1nnn(-c2cccc(Cl)c2)n1)N1CCCn2c(-c3cc[nH]c(=O)c3)nnc21. The Kier molecular flexibility index (Phi) is 4.55. The summed E-state index contributed by atoms with van der Waals surface area (Å²) in [6.45, 7) is 3.58. The summed E-state index contributed by atoms with van der Waals surface area (Å²) in [7, 11) is 0. The number of H-pyrrole nitrogens is 1. The first-order valence-corrected chi connectivity index (χ1v) is 9.93. The van der Waals surface area contributed by atoms with Crippen molar-refractivity contribution in [1.82, 2.24) is 40.0 Å². The quantitative estimate of drug-likeness (QED) is 0.535. The molecule has 0 fully saturated rings. The first-order valence-electron chi connectivity index (χ1n) is 9.55. The van der Waals surface area contributed by atoms with E-state index < -0.39 is 0 Å². The maximum atomic E-state index is 11.7. The summed E-state index contributed by atoms with van der Waals surface area (Å²) in [4.78, 5) is 17.9. The third kappa shape index (κ3) is 3.24. The van der Waals surface area contributed by atoms with E-state index in [0.717, 1.165) is 36.7 Å². The number of fused-ring (bicyclic) bond motifs is 1. The summed E-state index contributed by atoms with van der Waals surface area (Å²) in [6, 6.07) is 10.5. The summed E-state index contributed by atoms with van der Waals surface area (Å²) in [5, 5.41) is 22.3. The lowest BCUT2D eigenvalue weighted by Crippen LogP contribution is -2.35. The number of aromatic nitrogens is 8. The van der Waals surface area contributed by atoms with Crippen LogP contribution in [0.3, 0.4) is 0 Å². The minimum absolute atomic E-state index is 0.159. The van der Waals surface area contributed by atoms with Crippen LogP contribution in [0.15, 0.2) is 47.4 Å². The van der Waals surface area contributed by atoms with Crippen LogP contribution >= 0.6 is 11.6 Å². The third-order valence-corrected chi connectivity index (χ3v) is 5.35. The van der Waals surface area contributed by atoms with Crippen LogP contribution in [0.25, 0.3) is 17.1 Å². The van der Waals surface area contributed by atoms with Crippen LogP contribution in [-0.2, 0) is 6.54 Å². The van der Waals surface area contributed by atoms with E-state index in [1.165, 1.54) is 10.9 Å². The molecular formula is C19H18ClN9O. The number of benzene rings is 1. The lowest BCUT2D eigenvalue weighted by atomic mass is 10.2. The maximum Gasteiger partial charge on any atom is 0.248 e. The van der Waals surface area contributed by atoms with Gasteiger partial charge in [-0.15, -0.1) is 25.2 Å². The molecule has 30 heavy (non-hydrogen) atoms. The molecule has 11 heteroatoms.